The first-order valence-electron chi connectivity index (χ1n) is 6.99. The molecule has 5 nitrogen and oxygen atoms in total. The average Bonchev–Trinajstić information content (AvgIpc) is 2.45. The summed E-state index contributed by atoms with van der Waals surface area (Å²) >= 11 is 5.96. The summed E-state index contributed by atoms with van der Waals surface area (Å²) in [5, 5.41) is 3.57. The number of amides is 1. The van der Waals surface area contributed by atoms with E-state index in [9.17, 15) is 4.79 Å². The summed E-state index contributed by atoms with van der Waals surface area (Å²) < 4.78 is 0. The van der Waals surface area contributed by atoms with Gasteiger partial charge in [-0.15, -0.1) is 0 Å². The standard InChI is InChI=1S/C14H21ClN4O/c15-12-3-5-17-13(8-12)10-19-7-1-2-11(9-19)14(20)18-6-4-16/h3,5,8,11H,1-2,4,6-7,9-10,16H2,(H,18,20). The van der Waals surface area contributed by atoms with Crippen molar-refractivity contribution in [1.29, 1.82) is 0 Å². The summed E-state index contributed by atoms with van der Waals surface area (Å²) in [5.74, 6) is 0.161. The maximum Gasteiger partial charge on any atom is 0.224 e. The number of pyridine rings is 1. The molecule has 0 radical (unpaired) electrons. The van der Waals surface area contributed by atoms with Crippen molar-refractivity contribution in [2.24, 2.45) is 11.7 Å². The predicted octanol–water partition coefficient (Wildman–Crippen LogP) is 1.02. The van der Waals surface area contributed by atoms with E-state index in [2.05, 4.69) is 15.2 Å². The van der Waals surface area contributed by atoms with E-state index in [0.29, 0.717) is 18.1 Å². The molecule has 1 aliphatic heterocycles. The van der Waals surface area contributed by atoms with Gasteiger partial charge in [-0.05, 0) is 31.5 Å². The van der Waals surface area contributed by atoms with Gasteiger partial charge in [-0.2, -0.15) is 0 Å². The van der Waals surface area contributed by atoms with E-state index < -0.39 is 0 Å². The highest BCUT2D eigenvalue weighted by molar-refractivity contribution is 6.30. The molecular weight excluding hydrogens is 276 g/mol. The van der Waals surface area contributed by atoms with Crippen molar-refractivity contribution >= 4 is 17.5 Å². The number of nitrogens with two attached hydrogens (primary N) is 1. The second-order valence-electron chi connectivity index (χ2n) is 5.12. The molecule has 0 aromatic carbocycles. The quantitative estimate of drug-likeness (QED) is 0.851. The molecule has 20 heavy (non-hydrogen) atoms. The van der Waals surface area contributed by atoms with Crippen molar-refractivity contribution in [2.45, 2.75) is 19.4 Å². The summed E-state index contributed by atoms with van der Waals surface area (Å²) in [6.07, 6.45) is 3.68. The minimum absolute atomic E-state index is 0.0504. The minimum Gasteiger partial charge on any atom is -0.355 e. The number of halogens is 1. The Balaban J connectivity index is 1.88. The highest BCUT2D eigenvalue weighted by Crippen LogP contribution is 2.19. The van der Waals surface area contributed by atoms with Crippen LogP contribution in [-0.2, 0) is 11.3 Å². The van der Waals surface area contributed by atoms with Crippen LogP contribution < -0.4 is 11.1 Å². The number of likely N-dealkylation sites (tertiary alicyclic amines) is 1. The second kappa shape index (κ2) is 7.57. The number of rotatable bonds is 5. The number of hydrogen-bond donors (Lipinski definition) is 2. The highest BCUT2D eigenvalue weighted by atomic mass is 35.5. The summed E-state index contributed by atoms with van der Waals surface area (Å²) in [6.45, 7) is 3.53. The Morgan fingerprint density at radius 3 is 3.20 bits per heavy atom. The Hall–Kier alpha value is -1.17. The van der Waals surface area contributed by atoms with Gasteiger partial charge in [0.15, 0.2) is 0 Å². The summed E-state index contributed by atoms with van der Waals surface area (Å²) in [5.41, 5.74) is 6.35. The Morgan fingerprint density at radius 1 is 1.60 bits per heavy atom. The molecule has 6 heteroatoms. The third-order valence-electron chi connectivity index (χ3n) is 3.48. The summed E-state index contributed by atoms with van der Waals surface area (Å²) in [4.78, 5) is 18.5. The molecule has 110 valence electrons. The Labute approximate surface area is 124 Å². The van der Waals surface area contributed by atoms with E-state index in [1.807, 2.05) is 6.07 Å². The van der Waals surface area contributed by atoms with Gasteiger partial charge in [0.1, 0.15) is 0 Å². The van der Waals surface area contributed by atoms with Crippen LogP contribution in [0.4, 0.5) is 0 Å². The van der Waals surface area contributed by atoms with Crippen LogP contribution in [0.2, 0.25) is 5.02 Å². The number of hydrogen-bond acceptors (Lipinski definition) is 4. The van der Waals surface area contributed by atoms with Crippen LogP contribution in [0.5, 0.6) is 0 Å². The van der Waals surface area contributed by atoms with Gasteiger partial charge in [-0.3, -0.25) is 14.7 Å². The Morgan fingerprint density at radius 2 is 2.45 bits per heavy atom. The topological polar surface area (TPSA) is 71.2 Å². The van der Waals surface area contributed by atoms with Gasteiger partial charge in [0.25, 0.3) is 0 Å². The average molecular weight is 297 g/mol. The molecule has 1 atom stereocenters. The molecule has 2 heterocycles. The second-order valence-corrected chi connectivity index (χ2v) is 5.56. The summed E-state index contributed by atoms with van der Waals surface area (Å²) in [6, 6.07) is 3.64. The molecule has 1 aromatic heterocycles. The first kappa shape index (κ1) is 15.2. The van der Waals surface area contributed by atoms with Gasteiger partial charge in [0.05, 0.1) is 11.6 Å². The van der Waals surface area contributed by atoms with E-state index in [1.54, 1.807) is 12.3 Å². The number of carbonyl (C=O) groups excluding carboxylic acids is 1. The number of nitrogens with one attached hydrogen (secondary N) is 1. The van der Waals surface area contributed by atoms with E-state index in [-0.39, 0.29) is 11.8 Å². The first-order chi connectivity index (χ1) is 9.69. The monoisotopic (exact) mass is 296 g/mol. The predicted molar refractivity (Wildman–Crippen MR) is 79.3 cm³/mol. The number of nitrogens with zero attached hydrogens (tertiary/aromatic N) is 2. The maximum atomic E-state index is 12.0. The van der Waals surface area contributed by atoms with Gasteiger partial charge in [0, 0.05) is 37.4 Å². The molecule has 1 aliphatic rings. The van der Waals surface area contributed by atoms with Crippen LogP contribution >= 0.6 is 11.6 Å². The van der Waals surface area contributed by atoms with Gasteiger partial charge < -0.3 is 11.1 Å². The van der Waals surface area contributed by atoms with Crippen LogP contribution in [0.3, 0.4) is 0 Å². The third-order valence-corrected chi connectivity index (χ3v) is 3.72. The van der Waals surface area contributed by atoms with E-state index in [4.69, 9.17) is 17.3 Å². The van der Waals surface area contributed by atoms with Gasteiger partial charge >= 0.3 is 0 Å². The molecule has 3 N–H and O–H groups in total. The van der Waals surface area contributed by atoms with Gasteiger partial charge in [-0.25, -0.2) is 0 Å². The van der Waals surface area contributed by atoms with E-state index in [0.717, 1.165) is 38.2 Å². The lowest BCUT2D eigenvalue weighted by Crippen LogP contribution is -2.43. The molecule has 0 spiro atoms. The smallest absolute Gasteiger partial charge is 0.224 e. The third kappa shape index (κ3) is 4.44. The molecule has 0 aliphatic carbocycles. The molecule has 1 unspecified atom stereocenters. The molecule has 1 aromatic rings. The fourth-order valence-corrected chi connectivity index (χ4v) is 2.70. The normalized spacial score (nSPS) is 19.8. The maximum absolute atomic E-state index is 12.0. The molecular formula is C14H21ClN4O. The van der Waals surface area contributed by atoms with Crippen LogP contribution in [-0.4, -0.2) is 42.0 Å². The fraction of sp³-hybridized carbons (Fsp3) is 0.571. The van der Waals surface area contributed by atoms with E-state index in [1.165, 1.54) is 0 Å². The van der Waals surface area contributed by atoms with Crippen molar-refractivity contribution in [1.82, 2.24) is 15.2 Å². The molecule has 1 amide bonds. The lowest BCUT2D eigenvalue weighted by Gasteiger charge is -2.31. The number of piperidine rings is 1. The number of carbonyl (C=O) groups is 1. The zero-order chi connectivity index (χ0) is 14.4. The van der Waals surface area contributed by atoms with Crippen molar-refractivity contribution in [2.75, 3.05) is 26.2 Å². The lowest BCUT2D eigenvalue weighted by molar-refractivity contribution is -0.126. The first-order valence-corrected chi connectivity index (χ1v) is 7.37. The Bertz CT molecular complexity index is 455. The SMILES string of the molecule is NCCNC(=O)C1CCCN(Cc2cc(Cl)ccn2)C1. The van der Waals surface area contributed by atoms with Crippen LogP contribution in [0.25, 0.3) is 0 Å². The molecule has 2 rings (SSSR count). The zero-order valence-electron chi connectivity index (χ0n) is 11.5. The highest BCUT2D eigenvalue weighted by Gasteiger charge is 2.25. The largest absolute Gasteiger partial charge is 0.355 e. The summed E-state index contributed by atoms with van der Waals surface area (Å²) in [7, 11) is 0. The molecule has 0 bridgehead atoms. The van der Waals surface area contributed by atoms with Crippen molar-refractivity contribution in [3.8, 4) is 0 Å². The van der Waals surface area contributed by atoms with Crippen molar-refractivity contribution < 1.29 is 4.79 Å². The van der Waals surface area contributed by atoms with Crippen molar-refractivity contribution in [3.63, 3.8) is 0 Å². The van der Waals surface area contributed by atoms with E-state index >= 15 is 0 Å². The van der Waals surface area contributed by atoms with Crippen molar-refractivity contribution in [3.05, 3.63) is 29.0 Å². The minimum atomic E-state index is 0.0504. The van der Waals surface area contributed by atoms with Gasteiger partial charge in [0.2, 0.25) is 5.91 Å². The van der Waals surface area contributed by atoms with Crippen LogP contribution in [0.1, 0.15) is 18.5 Å². The molecule has 1 saturated heterocycles. The number of aromatic nitrogens is 1. The molecule has 0 saturated carbocycles. The Kier molecular flexibility index (Phi) is 5.76. The van der Waals surface area contributed by atoms with Crippen LogP contribution in [0, 0.1) is 5.92 Å². The lowest BCUT2D eigenvalue weighted by atomic mass is 9.97. The molecule has 1 fully saturated rings. The van der Waals surface area contributed by atoms with Gasteiger partial charge in [-0.1, -0.05) is 11.6 Å². The zero-order valence-corrected chi connectivity index (χ0v) is 12.3. The van der Waals surface area contributed by atoms with Crippen LogP contribution in [0.15, 0.2) is 18.3 Å². The fourth-order valence-electron chi connectivity index (χ4n) is 2.52.